The van der Waals surface area contributed by atoms with Crippen LogP contribution in [0.15, 0.2) is 72.8 Å². The van der Waals surface area contributed by atoms with Crippen molar-refractivity contribution in [3.63, 3.8) is 0 Å². The number of hydrogen-bond acceptors (Lipinski definition) is 5. The van der Waals surface area contributed by atoms with Crippen molar-refractivity contribution in [1.29, 1.82) is 0 Å². The Kier molecular flexibility index (Phi) is 8.49. The molecule has 1 heterocycles. The fraction of sp³-hybridized carbons (Fsp3) is 0.353. The smallest absolute Gasteiger partial charge is 0.410 e. The summed E-state index contributed by atoms with van der Waals surface area (Å²) in [5.41, 5.74) is 6.35. The molecule has 5 rings (SSSR count). The second kappa shape index (κ2) is 12.4. The molecule has 0 radical (unpaired) electrons. The van der Waals surface area contributed by atoms with E-state index in [1.54, 1.807) is 4.90 Å². The molecule has 1 fully saturated rings. The summed E-state index contributed by atoms with van der Waals surface area (Å²) in [6.45, 7) is 9.14. The van der Waals surface area contributed by atoms with Crippen LogP contribution in [0.4, 0.5) is 15.3 Å². The van der Waals surface area contributed by atoms with Crippen LogP contribution in [0.5, 0.6) is 0 Å². The van der Waals surface area contributed by atoms with Gasteiger partial charge < -0.3 is 24.6 Å². The second-order valence-corrected chi connectivity index (χ2v) is 11.3. The zero-order chi connectivity index (χ0) is 28.8. The quantitative estimate of drug-likeness (QED) is 0.310. The minimum Gasteiger partial charge on any atom is -0.449 e. The second-order valence-electron chi connectivity index (χ2n) is 11.3. The van der Waals surface area contributed by atoms with E-state index in [1.165, 1.54) is 22.3 Å². The average molecular weight is 552 g/mol. The van der Waals surface area contributed by atoms with Crippen molar-refractivity contribution in [2.75, 3.05) is 44.2 Å². The predicted octanol–water partition coefficient (Wildman–Crippen LogP) is 6.02. The van der Waals surface area contributed by atoms with Gasteiger partial charge in [0, 0.05) is 56.3 Å². The number of carbonyl (C=O) groups excluding carboxylic acids is 2. The third-order valence-corrected chi connectivity index (χ3v) is 7.26. The van der Waals surface area contributed by atoms with Crippen LogP contribution in [0.25, 0.3) is 11.1 Å². The standard InChI is InChI=1S/C34H37N3O4/c1-34(2,3)41-33(39)37-22-20-36(21-23-37)26-17-15-25(16-18-26)10-8-9-19-35-32(38)40-24-31-29-13-6-4-11-27(29)28-12-5-7-14-30(28)31/h4-7,11-18,31H,9,19-24H2,1-3H3,(H,35,38). The molecule has 7 nitrogen and oxygen atoms in total. The third kappa shape index (κ3) is 7.01. The van der Waals surface area contributed by atoms with Crippen LogP contribution >= 0.6 is 0 Å². The summed E-state index contributed by atoms with van der Waals surface area (Å²) in [6, 6.07) is 24.7. The molecule has 1 aliphatic heterocycles. The molecule has 7 heteroatoms. The highest BCUT2D eigenvalue weighted by Gasteiger charge is 2.29. The summed E-state index contributed by atoms with van der Waals surface area (Å²) in [5.74, 6) is 6.33. The summed E-state index contributed by atoms with van der Waals surface area (Å²) in [6.07, 6.45) is -0.154. The van der Waals surface area contributed by atoms with Crippen LogP contribution in [0.3, 0.4) is 0 Å². The molecule has 1 saturated heterocycles. The lowest BCUT2D eigenvalue weighted by molar-refractivity contribution is 0.0240. The first-order valence-electron chi connectivity index (χ1n) is 14.2. The van der Waals surface area contributed by atoms with Gasteiger partial charge in [-0.05, 0) is 67.3 Å². The normalized spacial score (nSPS) is 14.4. The molecule has 2 aliphatic rings. The monoisotopic (exact) mass is 551 g/mol. The Morgan fingerprint density at radius 2 is 1.49 bits per heavy atom. The zero-order valence-electron chi connectivity index (χ0n) is 24.0. The van der Waals surface area contributed by atoms with E-state index in [1.807, 2.05) is 57.2 Å². The summed E-state index contributed by atoms with van der Waals surface area (Å²) in [5, 5.41) is 2.81. The van der Waals surface area contributed by atoms with Crippen LogP contribution in [-0.2, 0) is 9.47 Å². The summed E-state index contributed by atoms with van der Waals surface area (Å²) >= 11 is 0. The lowest BCUT2D eigenvalue weighted by atomic mass is 9.98. The highest BCUT2D eigenvalue weighted by molar-refractivity contribution is 5.79. The summed E-state index contributed by atoms with van der Waals surface area (Å²) in [4.78, 5) is 28.7. The van der Waals surface area contributed by atoms with Crippen LogP contribution in [-0.4, -0.2) is 62.0 Å². The molecular formula is C34H37N3O4. The number of amides is 2. The maximum absolute atomic E-state index is 12.3. The van der Waals surface area contributed by atoms with Gasteiger partial charge in [0.15, 0.2) is 0 Å². The molecule has 0 atom stereocenters. The largest absolute Gasteiger partial charge is 0.449 e. The number of benzene rings is 3. The van der Waals surface area contributed by atoms with Crippen LogP contribution in [0.2, 0.25) is 0 Å². The minimum atomic E-state index is -0.486. The molecule has 3 aromatic rings. The van der Waals surface area contributed by atoms with Crippen molar-refractivity contribution in [3.05, 3.63) is 89.5 Å². The van der Waals surface area contributed by atoms with Crippen LogP contribution in [0.1, 0.15) is 49.8 Å². The number of carbonyl (C=O) groups is 2. The maximum atomic E-state index is 12.3. The van der Waals surface area contributed by atoms with Crippen molar-refractivity contribution < 1.29 is 19.1 Å². The Hall–Kier alpha value is -4.44. The molecule has 0 spiro atoms. The van der Waals surface area contributed by atoms with Gasteiger partial charge in [0.1, 0.15) is 12.2 Å². The number of anilines is 1. The first-order valence-corrected chi connectivity index (χ1v) is 14.2. The molecule has 0 unspecified atom stereocenters. The Balaban J connectivity index is 1.03. The van der Waals surface area contributed by atoms with E-state index in [4.69, 9.17) is 9.47 Å². The molecule has 41 heavy (non-hydrogen) atoms. The number of nitrogens with zero attached hydrogens (tertiary/aromatic N) is 2. The van der Waals surface area contributed by atoms with Gasteiger partial charge in [0.25, 0.3) is 0 Å². The molecular weight excluding hydrogens is 514 g/mol. The molecule has 1 N–H and O–H groups in total. The fourth-order valence-electron chi connectivity index (χ4n) is 5.27. The fourth-order valence-corrected chi connectivity index (χ4v) is 5.27. The molecule has 0 aromatic heterocycles. The summed E-state index contributed by atoms with van der Waals surface area (Å²) in [7, 11) is 0. The molecule has 2 amide bonds. The van der Waals surface area contributed by atoms with Gasteiger partial charge in [-0.3, -0.25) is 0 Å². The molecule has 0 bridgehead atoms. The molecule has 212 valence electrons. The van der Waals surface area contributed by atoms with E-state index in [2.05, 4.69) is 58.5 Å². The molecule has 0 saturated carbocycles. The number of fused-ring (bicyclic) bond motifs is 3. The van der Waals surface area contributed by atoms with Crippen molar-refractivity contribution in [2.45, 2.75) is 38.7 Å². The Morgan fingerprint density at radius 3 is 2.10 bits per heavy atom. The van der Waals surface area contributed by atoms with Gasteiger partial charge in [0.05, 0.1) is 0 Å². The first-order chi connectivity index (χ1) is 19.8. The van der Waals surface area contributed by atoms with E-state index in [9.17, 15) is 9.59 Å². The van der Waals surface area contributed by atoms with E-state index in [0.29, 0.717) is 32.7 Å². The van der Waals surface area contributed by atoms with Gasteiger partial charge in [-0.25, -0.2) is 9.59 Å². The van der Waals surface area contributed by atoms with Gasteiger partial charge in [-0.1, -0.05) is 60.4 Å². The van der Waals surface area contributed by atoms with E-state index < -0.39 is 11.7 Å². The van der Waals surface area contributed by atoms with Crippen LogP contribution < -0.4 is 10.2 Å². The minimum absolute atomic E-state index is 0.0461. The average Bonchev–Trinajstić information content (AvgIpc) is 3.29. The van der Waals surface area contributed by atoms with Crippen molar-refractivity contribution in [2.24, 2.45) is 0 Å². The number of nitrogens with one attached hydrogen (secondary N) is 1. The lowest BCUT2D eigenvalue weighted by Crippen LogP contribution is -2.50. The predicted molar refractivity (Wildman–Crippen MR) is 161 cm³/mol. The van der Waals surface area contributed by atoms with E-state index in [-0.39, 0.29) is 12.0 Å². The number of ether oxygens (including phenoxy) is 2. The first kappa shape index (κ1) is 28.1. The van der Waals surface area contributed by atoms with Crippen molar-refractivity contribution >= 4 is 17.9 Å². The van der Waals surface area contributed by atoms with Gasteiger partial charge in [-0.15, -0.1) is 0 Å². The topological polar surface area (TPSA) is 71.1 Å². The molecule has 1 aliphatic carbocycles. The zero-order valence-corrected chi connectivity index (χ0v) is 24.0. The number of hydrogen-bond donors (Lipinski definition) is 1. The number of rotatable bonds is 5. The Morgan fingerprint density at radius 1 is 0.878 bits per heavy atom. The Labute approximate surface area is 242 Å². The maximum Gasteiger partial charge on any atom is 0.410 e. The number of alkyl carbamates (subject to hydrolysis) is 1. The van der Waals surface area contributed by atoms with Gasteiger partial charge in [0.2, 0.25) is 0 Å². The Bertz CT molecular complexity index is 1400. The van der Waals surface area contributed by atoms with Crippen molar-refractivity contribution in [1.82, 2.24) is 10.2 Å². The number of piperazine rings is 1. The molecule has 3 aromatic carbocycles. The van der Waals surface area contributed by atoms with E-state index in [0.717, 1.165) is 24.3 Å². The van der Waals surface area contributed by atoms with Crippen molar-refractivity contribution in [3.8, 4) is 23.0 Å². The SMILES string of the molecule is CC(C)(C)OC(=O)N1CCN(c2ccc(C#CCCNC(=O)OCC3c4ccccc4-c4ccccc43)cc2)CC1. The summed E-state index contributed by atoms with van der Waals surface area (Å²) < 4.78 is 11.1. The third-order valence-electron chi connectivity index (χ3n) is 7.26. The van der Waals surface area contributed by atoms with Gasteiger partial charge in [-0.2, -0.15) is 0 Å². The van der Waals surface area contributed by atoms with Gasteiger partial charge >= 0.3 is 12.2 Å². The highest BCUT2D eigenvalue weighted by atomic mass is 16.6. The lowest BCUT2D eigenvalue weighted by Gasteiger charge is -2.36. The highest BCUT2D eigenvalue weighted by Crippen LogP contribution is 2.44. The van der Waals surface area contributed by atoms with E-state index >= 15 is 0 Å². The van der Waals surface area contributed by atoms with Crippen LogP contribution in [0, 0.1) is 11.8 Å².